The Morgan fingerprint density at radius 1 is 1.15 bits per heavy atom. The number of aromatic nitrogens is 2. The van der Waals surface area contributed by atoms with Gasteiger partial charge in [-0.3, -0.25) is 9.20 Å². The zero-order valence-corrected chi connectivity index (χ0v) is 14.9. The molecule has 2 aromatic carbocycles. The number of hydrogen-bond donors (Lipinski definition) is 1. The van der Waals surface area contributed by atoms with Crippen molar-refractivity contribution in [2.24, 2.45) is 0 Å². The molecule has 6 heteroatoms. The number of fused-ring (bicyclic) bond motifs is 1. The summed E-state index contributed by atoms with van der Waals surface area (Å²) >= 11 is 1.41. The van der Waals surface area contributed by atoms with Gasteiger partial charge in [0.1, 0.15) is 5.75 Å². The maximum absolute atomic E-state index is 11.3. The van der Waals surface area contributed by atoms with Gasteiger partial charge in [-0.2, -0.15) is 0 Å². The summed E-state index contributed by atoms with van der Waals surface area (Å²) in [5.41, 5.74) is 3.65. The van der Waals surface area contributed by atoms with Gasteiger partial charge in [0.25, 0.3) is 0 Å². The molecule has 4 aromatic rings. The van der Waals surface area contributed by atoms with E-state index in [2.05, 4.69) is 0 Å². The minimum atomic E-state index is -0.847. The molecule has 4 rings (SSSR count). The lowest BCUT2D eigenvalue weighted by Gasteiger charge is -2.04. The van der Waals surface area contributed by atoms with Crippen LogP contribution in [0, 0.1) is 0 Å². The molecule has 0 saturated heterocycles. The molecule has 2 aromatic heterocycles. The molecule has 0 fully saturated rings. The van der Waals surface area contributed by atoms with Crippen molar-refractivity contribution in [3.63, 3.8) is 0 Å². The maximum Gasteiger partial charge on any atom is 0.308 e. The number of thiazole rings is 1. The monoisotopic (exact) mass is 364 g/mol. The summed E-state index contributed by atoms with van der Waals surface area (Å²) in [6.45, 7) is 0. The van der Waals surface area contributed by atoms with Crippen molar-refractivity contribution in [2.45, 2.75) is 6.42 Å². The van der Waals surface area contributed by atoms with Crippen LogP contribution in [0.15, 0.2) is 60.8 Å². The minimum absolute atomic E-state index is 0.0211. The van der Waals surface area contributed by atoms with Crippen molar-refractivity contribution in [1.29, 1.82) is 0 Å². The van der Waals surface area contributed by atoms with E-state index in [1.165, 1.54) is 11.3 Å². The Bertz CT molecular complexity index is 1080. The number of ether oxygens (including phenoxy) is 1. The number of methoxy groups -OCH3 is 1. The van der Waals surface area contributed by atoms with E-state index in [1.807, 2.05) is 65.2 Å². The third-order valence-electron chi connectivity index (χ3n) is 4.12. The largest absolute Gasteiger partial charge is 0.497 e. The number of imidazole rings is 1. The molecular formula is C20H16N2O3S. The van der Waals surface area contributed by atoms with Gasteiger partial charge in [-0.1, -0.05) is 42.5 Å². The zero-order chi connectivity index (χ0) is 18.1. The fourth-order valence-electron chi connectivity index (χ4n) is 2.96. The number of carbonyl (C=O) groups is 1. The van der Waals surface area contributed by atoms with Crippen molar-refractivity contribution < 1.29 is 14.6 Å². The zero-order valence-electron chi connectivity index (χ0n) is 14.0. The summed E-state index contributed by atoms with van der Waals surface area (Å²) in [5.74, 6) is -0.0755. The second kappa shape index (κ2) is 6.65. The van der Waals surface area contributed by atoms with Gasteiger partial charge in [-0.05, 0) is 17.7 Å². The van der Waals surface area contributed by atoms with Crippen LogP contribution in [0.3, 0.4) is 0 Å². The SMILES string of the molecule is COc1cccc(-c2cn3c(-c4ccccc4)c(CC(=O)O)sc3n2)c1. The average Bonchev–Trinajstić information content (AvgIpc) is 3.19. The first kappa shape index (κ1) is 16.4. The first-order chi connectivity index (χ1) is 12.7. The Morgan fingerprint density at radius 3 is 2.65 bits per heavy atom. The topological polar surface area (TPSA) is 63.8 Å². The molecule has 0 aliphatic heterocycles. The number of hydrogen-bond acceptors (Lipinski definition) is 4. The van der Waals surface area contributed by atoms with E-state index in [0.29, 0.717) is 0 Å². The van der Waals surface area contributed by atoms with E-state index in [1.54, 1.807) is 7.11 Å². The highest BCUT2D eigenvalue weighted by Crippen LogP contribution is 2.34. The molecule has 0 atom stereocenters. The smallest absolute Gasteiger partial charge is 0.308 e. The molecule has 0 bridgehead atoms. The predicted octanol–water partition coefficient (Wildman–Crippen LogP) is 4.37. The van der Waals surface area contributed by atoms with Crippen LogP contribution in [0.5, 0.6) is 5.75 Å². The van der Waals surface area contributed by atoms with Gasteiger partial charge in [-0.25, -0.2) is 4.98 Å². The highest BCUT2D eigenvalue weighted by Gasteiger charge is 2.19. The number of carboxylic acids is 1. The van der Waals surface area contributed by atoms with Gasteiger partial charge in [0.05, 0.1) is 24.9 Å². The first-order valence-electron chi connectivity index (χ1n) is 8.08. The number of benzene rings is 2. The van der Waals surface area contributed by atoms with Crippen LogP contribution in [-0.4, -0.2) is 27.6 Å². The summed E-state index contributed by atoms with van der Waals surface area (Å²) in [7, 11) is 1.64. The van der Waals surface area contributed by atoms with Crippen LogP contribution in [0.4, 0.5) is 0 Å². The molecule has 0 aliphatic carbocycles. The second-order valence-electron chi connectivity index (χ2n) is 5.82. The lowest BCUT2D eigenvalue weighted by Crippen LogP contribution is -2.00. The number of rotatable bonds is 5. The van der Waals surface area contributed by atoms with Crippen molar-refractivity contribution in [2.75, 3.05) is 7.11 Å². The molecule has 1 N–H and O–H groups in total. The Balaban J connectivity index is 1.88. The standard InChI is InChI=1S/C20H16N2O3S/c1-25-15-9-5-8-14(10-15)16-12-22-19(13-6-3-2-4-7-13)17(11-18(23)24)26-20(22)21-16/h2-10,12H,11H2,1H3,(H,23,24). The fraction of sp³-hybridized carbons (Fsp3) is 0.100. The third kappa shape index (κ3) is 2.95. The summed E-state index contributed by atoms with van der Waals surface area (Å²) in [6.07, 6.45) is 1.93. The second-order valence-corrected chi connectivity index (χ2v) is 6.88. The molecule has 130 valence electrons. The van der Waals surface area contributed by atoms with Gasteiger partial charge in [0.15, 0.2) is 4.96 Å². The Hall–Kier alpha value is -3.12. The van der Waals surface area contributed by atoms with Gasteiger partial charge >= 0.3 is 5.97 Å². The molecule has 0 spiro atoms. The highest BCUT2D eigenvalue weighted by molar-refractivity contribution is 7.17. The van der Waals surface area contributed by atoms with Crippen LogP contribution in [0.1, 0.15) is 4.88 Å². The molecule has 0 radical (unpaired) electrons. The lowest BCUT2D eigenvalue weighted by molar-refractivity contribution is -0.136. The van der Waals surface area contributed by atoms with Crippen molar-refractivity contribution in [3.8, 4) is 28.3 Å². The Kier molecular flexibility index (Phi) is 4.18. The van der Waals surface area contributed by atoms with E-state index >= 15 is 0 Å². The summed E-state index contributed by atoms with van der Waals surface area (Å²) in [5, 5.41) is 9.25. The van der Waals surface area contributed by atoms with Crippen LogP contribution < -0.4 is 4.74 Å². The number of aliphatic carboxylic acids is 1. The van der Waals surface area contributed by atoms with E-state index in [9.17, 15) is 9.90 Å². The lowest BCUT2D eigenvalue weighted by atomic mass is 10.1. The Morgan fingerprint density at radius 2 is 1.92 bits per heavy atom. The average molecular weight is 364 g/mol. The van der Waals surface area contributed by atoms with E-state index in [0.717, 1.165) is 38.1 Å². The van der Waals surface area contributed by atoms with Crippen LogP contribution in [0.2, 0.25) is 0 Å². The summed E-state index contributed by atoms with van der Waals surface area (Å²) in [4.78, 5) is 17.5. The fourth-order valence-corrected chi connectivity index (χ4v) is 4.08. The van der Waals surface area contributed by atoms with Crippen LogP contribution in [0.25, 0.3) is 27.5 Å². The molecular weight excluding hydrogens is 348 g/mol. The van der Waals surface area contributed by atoms with Crippen LogP contribution >= 0.6 is 11.3 Å². The van der Waals surface area contributed by atoms with Gasteiger partial charge in [0, 0.05) is 16.6 Å². The molecule has 0 aliphatic rings. The predicted molar refractivity (Wildman–Crippen MR) is 102 cm³/mol. The quantitative estimate of drug-likeness (QED) is 0.571. The van der Waals surface area contributed by atoms with Crippen molar-refractivity contribution in [3.05, 3.63) is 65.7 Å². The van der Waals surface area contributed by atoms with E-state index in [-0.39, 0.29) is 6.42 Å². The minimum Gasteiger partial charge on any atom is -0.497 e. The summed E-state index contributed by atoms with van der Waals surface area (Å²) < 4.78 is 7.27. The number of nitrogens with zero attached hydrogens (tertiary/aromatic N) is 2. The highest BCUT2D eigenvalue weighted by atomic mass is 32.1. The molecule has 2 heterocycles. The van der Waals surface area contributed by atoms with Crippen molar-refractivity contribution in [1.82, 2.24) is 9.38 Å². The van der Waals surface area contributed by atoms with Gasteiger partial charge < -0.3 is 9.84 Å². The van der Waals surface area contributed by atoms with E-state index < -0.39 is 5.97 Å². The molecule has 0 unspecified atom stereocenters. The Labute approximate surface area is 154 Å². The third-order valence-corrected chi connectivity index (χ3v) is 5.17. The van der Waals surface area contributed by atoms with Gasteiger partial charge in [0.2, 0.25) is 0 Å². The number of carboxylic acid groups (broad SMARTS) is 1. The van der Waals surface area contributed by atoms with Crippen molar-refractivity contribution >= 4 is 22.3 Å². The molecule has 0 saturated carbocycles. The molecule has 26 heavy (non-hydrogen) atoms. The molecule has 0 amide bonds. The van der Waals surface area contributed by atoms with E-state index in [4.69, 9.17) is 9.72 Å². The maximum atomic E-state index is 11.3. The normalized spacial score (nSPS) is 11.0. The molecule has 5 nitrogen and oxygen atoms in total. The van der Waals surface area contributed by atoms with Crippen LogP contribution in [-0.2, 0) is 11.2 Å². The van der Waals surface area contributed by atoms with Gasteiger partial charge in [-0.15, -0.1) is 11.3 Å². The summed E-state index contributed by atoms with van der Waals surface area (Å²) in [6, 6.07) is 17.5. The first-order valence-corrected chi connectivity index (χ1v) is 8.90.